The van der Waals surface area contributed by atoms with E-state index in [1.165, 1.54) is 0 Å². The molecule has 6 heteroatoms. The van der Waals surface area contributed by atoms with Crippen molar-refractivity contribution in [3.63, 3.8) is 0 Å². The average Bonchev–Trinajstić information content (AvgIpc) is 2.43. The van der Waals surface area contributed by atoms with Crippen LogP contribution in [-0.4, -0.2) is 36.2 Å². The molecule has 0 spiro atoms. The van der Waals surface area contributed by atoms with E-state index in [1.54, 1.807) is 37.7 Å². The van der Waals surface area contributed by atoms with Crippen LogP contribution in [0.1, 0.15) is 10.4 Å². The van der Waals surface area contributed by atoms with Gasteiger partial charge in [-0.3, -0.25) is 19.6 Å². The van der Waals surface area contributed by atoms with E-state index in [0.29, 0.717) is 24.3 Å². The van der Waals surface area contributed by atoms with E-state index in [9.17, 15) is 4.79 Å². The molecule has 0 atom stereocenters. The number of methoxy groups -OCH3 is 1. The van der Waals surface area contributed by atoms with E-state index in [2.05, 4.69) is 15.4 Å². The van der Waals surface area contributed by atoms with Crippen LogP contribution in [0, 0.1) is 0 Å². The van der Waals surface area contributed by atoms with Gasteiger partial charge >= 0.3 is 0 Å². The molecular formula is C12H13N3O3. The highest BCUT2D eigenvalue weighted by atomic mass is 16.7. The Morgan fingerprint density at radius 1 is 1.22 bits per heavy atom. The molecule has 0 saturated carbocycles. The van der Waals surface area contributed by atoms with Crippen molar-refractivity contribution in [2.45, 2.75) is 0 Å². The summed E-state index contributed by atoms with van der Waals surface area (Å²) in [5.41, 5.74) is 4.22. The van der Waals surface area contributed by atoms with Crippen molar-refractivity contribution in [2.24, 2.45) is 0 Å². The summed E-state index contributed by atoms with van der Waals surface area (Å²) in [6.07, 6.45) is 3.19. The maximum Gasteiger partial charge on any atom is 0.274 e. The third kappa shape index (κ3) is 2.99. The Bertz CT molecular complexity index is 545. The Morgan fingerprint density at radius 2 is 2.00 bits per heavy atom. The van der Waals surface area contributed by atoms with Gasteiger partial charge in [0.15, 0.2) is 0 Å². The van der Waals surface area contributed by atoms with E-state index in [-0.39, 0.29) is 5.91 Å². The number of hydrogen-bond donors (Lipinski definition) is 1. The van der Waals surface area contributed by atoms with Crippen molar-refractivity contribution in [1.29, 1.82) is 0 Å². The fourth-order valence-corrected chi connectivity index (χ4v) is 1.41. The highest BCUT2D eigenvalue weighted by molar-refractivity contribution is 5.96. The van der Waals surface area contributed by atoms with E-state index >= 15 is 0 Å². The lowest BCUT2D eigenvalue weighted by atomic mass is 10.2. The molecule has 1 heterocycles. The minimum absolute atomic E-state index is 0.301. The minimum atomic E-state index is -0.321. The van der Waals surface area contributed by atoms with Gasteiger partial charge in [0.1, 0.15) is 0 Å². The van der Waals surface area contributed by atoms with Crippen LogP contribution in [0.4, 0.5) is 0 Å². The van der Waals surface area contributed by atoms with Crippen LogP contribution in [0.2, 0.25) is 0 Å². The molecule has 0 fully saturated rings. The summed E-state index contributed by atoms with van der Waals surface area (Å²) >= 11 is 0. The number of nitrogens with zero attached hydrogens (tertiary/aromatic N) is 2. The first kappa shape index (κ1) is 12.4. The van der Waals surface area contributed by atoms with Gasteiger partial charge in [-0.1, -0.05) is 0 Å². The number of hydroxylamine groups is 1. The molecule has 0 bridgehead atoms. The monoisotopic (exact) mass is 247 g/mol. The number of carbonyl (C=O) groups excluding carboxylic acids is 1. The highest BCUT2D eigenvalue weighted by Crippen LogP contribution is 2.10. The summed E-state index contributed by atoms with van der Waals surface area (Å²) in [6, 6.07) is 5.08. The van der Waals surface area contributed by atoms with E-state index < -0.39 is 0 Å². The molecule has 18 heavy (non-hydrogen) atoms. The van der Waals surface area contributed by atoms with Crippen LogP contribution >= 0.6 is 0 Å². The lowest BCUT2D eigenvalue weighted by Gasteiger charge is -2.05. The largest absolute Gasteiger partial charge is 0.382 e. The fourth-order valence-electron chi connectivity index (χ4n) is 1.41. The summed E-state index contributed by atoms with van der Waals surface area (Å²) < 4.78 is 4.79. The Hall–Kier alpha value is -2.05. The zero-order chi connectivity index (χ0) is 12.8. The average molecular weight is 247 g/mol. The summed E-state index contributed by atoms with van der Waals surface area (Å²) in [5.74, 6) is -0.321. The number of benzene rings is 1. The SMILES string of the molecule is COCCONC(=O)c1ccc2nccnc2c1. The molecule has 0 aliphatic rings. The van der Waals surface area contributed by atoms with Crippen LogP contribution in [-0.2, 0) is 9.57 Å². The van der Waals surface area contributed by atoms with E-state index in [0.717, 1.165) is 5.52 Å². The number of carbonyl (C=O) groups is 1. The fraction of sp³-hybridized carbons (Fsp3) is 0.250. The van der Waals surface area contributed by atoms with Crippen LogP contribution in [0.15, 0.2) is 30.6 Å². The Kier molecular flexibility index (Phi) is 4.16. The third-order valence-electron chi connectivity index (χ3n) is 2.29. The second kappa shape index (κ2) is 6.04. The third-order valence-corrected chi connectivity index (χ3v) is 2.29. The predicted octanol–water partition coefficient (Wildman–Crippen LogP) is 0.938. The maximum atomic E-state index is 11.7. The Morgan fingerprint density at radius 3 is 2.78 bits per heavy atom. The molecule has 2 rings (SSSR count). The van der Waals surface area contributed by atoms with Gasteiger partial charge in [0.2, 0.25) is 0 Å². The van der Waals surface area contributed by atoms with Gasteiger partial charge in [0.25, 0.3) is 5.91 Å². The van der Waals surface area contributed by atoms with Gasteiger partial charge in [-0.15, -0.1) is 0 Å². The zero-order valence-electron chi connectivity index (χ0n) is 9.92. The van der Waals surface area contributed by atoms with Gasteiger partial charge in [0, 0.05) is 25.1 Å². The minimum Gasteiger partial charge on any atom is -0.382 e. The molecule has 94 valence electrons. The van der Waals surface area contributed by atoms with Crippen molar-refractivity contribution in [2.75, 3.05) is 20.3 Å². The first-order chi connectivity index (χ1) is 8.81. The van der Waals surface area contributed by atoms with E-state index in [4.69, 9.17) is 9.57 Å². The molecule has 1 aromatic carbocycles. The normalized spacial score (nSPS) is 10.5. The maximum absolute atomic E-state index is 11.7. The quantitative estimate of drug-likeness (QED) is 0.628. The van der Waals surface area contributed by atoms with Gasteiger partial charge in [-0.2, -0.15) is 0 Å². The number of rotatable bonds is 5. The number of hydrogen-bond acceptors (Lipinski definition) is 5. The van der Waals surface area contributed by atoms with Crippen molar-refractivity contribution < 1.29 is 14.4 Å². The number of nitrogens with one attached hydrogen (secondary N) is 1. The van der Waals surface area contributed by atoms with Crippen LogP contribution in [0.5, 0.6) is 0 Å². The van der Waals surface area contributed by atoms with Gasteiger partial charge in [-0.05, 0) is 18.2 Å². The molecule has 1 N–H and O–H groups in total. The molecule has 0 saturated heterocycles. The van der Waals surface area contributed by atoms with Crippen molar-refractivity contribution in [1.82, 2.24) is 15.4 Å². The first-order valence-electron chi connectivity index (χ1n) is 5.43. The van der Waals surface area contributed by atoms with Crippen molar-refractivity contribution >= 4 is 16.9 Å². The number of ether oxygens (including phenoxy) is 1. The Balaban J connectivity index is 2.04. The summed E-state index contributed by atoms with van der Waals surface area (Å²) in [7, 11) is 1.56. The van der Waals surface area contributed by atoms with Gasteiger partial charge < -0.3 is 4.74 Å². The van der Waals surface area contributed by atoms with Gasteiger partial charge in [-0.25, -0.2) is 5.48 Å². The van der Waals surface area contributed by atoms with Crippen molar-refractivity contribution in [3.8, 4) is 0 Å². The number of amides is 1. The first-order valence-corrected chi connectivity index (χ1v) is 5.43. The second-order valence-corrected chi connectivity index (χ2v) is 3.53. The molecule has 1 aromatic heterocycles. The van der Waals surface area contributed by atoms with Gasteiger partial charge in [0.05, 0.1) is 24.2 Å². The molecule has 2 aromatic rings. The molecule has 6 nitrogen and oxygen atoms in total. The number of fused-ring (bicyclic) bond motifs is 1. The molecule has 0 aliphatic heterocycles. The number of aromatic nitrogens is 2. The Labute approximate surface area is 104 Å². The van der Waals surface area contributed by atoms with Crippen LogP contribution in [0.25, 0.3) is 11.0 Å². The van der Waals surface area contributed by atoms with Crippen molar-refractivity contribution in [3.05, 3.63) is 36.2 Å². The molecule has 0 aliphatic carbocycles. The highest BCUT2D eigenvalue weighted by Gasteiger charge is 2.06. The molecule has 0 radical (unpaired) electrons. The lowest BCUT2D eigenvalue weighted by Crippen LogP contribution is -2.25. The molecule has 0 unspecified atom stereocenters. The lowest BCUT2D eigenvalue weighted by molar-refractivity contribution is 0.00889. The second-order valence-electron chi connectivity index (χ2n) is 3.53. The van der Waals surface area contributed by atoms with Crippen LogP contribution in [0.3, 0.4) is 0 Å². The smallest absolute Gasteiger partial charge is 0.274 e. The molecular weight excluding hydrogens is 234 g/mol. The summed E-state index contributed by atoms with van der Waals surface area (Å²) in [5, 5.41) is 0. The topological polar surface area (TPSA) is 73.3 Å². The summed E-state index contributed by atoms with van der Waals surface area (Å²) in [6.45, 7) is 0.721. The van der Waals surface area contributed by atoms with E-state index in [1.807, 2.05) is 0 Å². The molecule has 1 amide bonds. The summed E-state index contributed by atoms with van der Waals surface area (Å²) in [4.78, 5) is 24.9. The standard InChI is InChI=1S/C12H13N3O3/c1-17-6-7-18-15-12(16)9-2-3-10-11(8-9)14-5-4-13-10/h2-5,8H,6-7H2,1H3,(H,15,16). The predicted molar refractivity (Wildman–Crippen MR) is 64.8 cm³/mol. The zero-order valence-corrected chi connectivity index (χ0v) is 9.92. The van der Waals surface area contributed by atoms with Crippen LogP contribution < -0.4 is 5.48 Å².